The van der Waals surface area contributed by atoms with Crippen LogP contribution < -0.4 is 5.32 Å². The molecule has 1 N–H and O–H groups in total. The molecule has 4 nitrogen and oxygen atoms in total. The molecule has 2 rings (SSSR count). The number of hydrogen-bond donors (Lipinski definition) is 1. The fourth-order valence-electron chi connectivity index (χ4n) is 1.31. The van der Waals surface area contributed by atoms with E-state index >= 15 is 0 Å². The van der Waals surface area contributed by atoms with Crippen LogP contribution >= 0.6 is 0 Å². The number of hydrogen-bond acceptors (Lipinski definition) is 3. The average molecular weight is 299 g/mol. The summed E-state index contributed by atoms with van der Waals surface area (Å²) in [6, 6.07) is 4.27. The lowest BCUT2D eigenvalue weighted by Gasteiger charge is -2.05. The smallest absolute Gasteiger partial charge is 0.277 e. The number of pyridine rings is 2. The van der Waals surface area contributed by atoms with Crippen molar-refractivity contribution in [3.63, 3.8) is 0 Å². The van der Waals surface area contributed by atoms with Crippen molar-refractivity contribution in [2.24, 2.45) is 0 Å². The van der Waals surface area contributed by atoms with Crippen LogP contribution in [-0.2, 0) is 0 Å². The van der Waals surface area contributed by atoms with Crippen molar-refractivity contribution in [2.45, 2.75) is 26.7 Å². The number of amides is 1. The van der Waals surface area contributed by atoms with Crippen molar-refractivity contribution in [1.29, 1.82) is 0 Å². The highest BCUT2D eigenvalue weighted by atomic mass is 19.1. The minimum absolute atomic E-state index is 0.285. The molecule has 2 aromatic rings. The van der Waals surface area contributed by atoms with Crippen molar-refractivity contribution in [3.8, 4) is 12.3 Å². The van der Waals surface area contributed by atoms with Gasteiger partial charge in [0, 0.05) is 29.8 Å². The van der Waals surface area contributed by atoms with Gasteiger partial charge in [0.25, 0.3) is 5.91 Å². The highest BCUT2D eigenvalue weighted by Gasteiger charge is 2.13. The van der Waals surface area contributed by atoms with Crippen LogP contribution in [0.15, 0.2) is 36.8 Å². The molecule has 114 valence electrons. The molecule has 22 heavy (non-hydrogen) atoms. The number of aromatic nitrogens is 2. The Hall–Kier alpha value is -2.74. The Morgan fingerprint density at radius 1 is 1.32 bits per heavy atom. The third-order valence-electron chi connectivity index (χ3n) is 2.66. The molecule has 0 unspecified atom stereocenters. The van der Waals surface area contributed by atoms with E-state index in [1.165, 1.54) is 31.4 Å². The highest BCUT2D eigenvalue weighted by molar-refractivity contribution is 6.03. The van der Waals surface area contributed by atoms with E-state index in [0.717, 1.165) is 6.07 Å². The van der Waals surface area contributed by atoms with E-state index in [9.17, 15) is 9.18 Å². The lowest BCUT2D eigenvalue weighted by Crippen LogP contribution is -2.15. The number of nitrogens with zero attached hydrogens (tertiary/aromatic N) is 2. The predicted molar refractivity (Wildman–Crippen MR) is 84.9 cm³/mol. The second-order valence-corrected chi connectivity index (χ2v) is 4.39. The van der Waals surface area contributed by atoms with Gasteiger partial charge in [-0.15, -0.1) is 6.42 Å². The van der Waals surface area contributed by atoms with E-state index < -0.39 is 11.7 Å². The number of carbonyl (C=O) groups excluding carboxylic acids is 1. The molecule has 5 heteroatoms. The molecule has 0 aliphatic carbocycles. The molecule has 2 heterocycles. The monoisotopic (exact) mass is 299 g/mol. The van der Waals surface area contributed by atoms with Gasteiger partial charge in [-0.05, 0) is 18.2 Å². The maximum Gasteiger partial charge on any atom is 0.277 e. The Morgan fingerprint density at radius 3 is 2.45 bits per heavy atom. The third kappa shape index (κ3) is 5.33. The van der Waals surface area contributed by atoms with Gasteiger partial charge in [0.1, 0.15) is 0 Å². The first-order valence-electron chi connectivity index (χ1n) is 6.95. The second-order valence-electron chi connectivity index (χ2n) is 4.39. The third-order valence-corrected chi connectivity index (χ3v) is 2.66. The quantitative estimate of drug-likeness (QED) is 0.880. The van der Waals surface area contributed by atoms with Gasteiger partial charge in [-0.2, -0.15) is 0 Å². The predicted octanol–water partition coefficient (Wildman–Crippen LogP) is 3.66. The van der Waals surface area contributed by atoms with E-state index in [1.807, 2.05) is 0 Å². The number of carbonyl (C=O) groups is 1. The zero-order valence-corrected chi connectivity index (χ0v) is 12.6. The number of terminal acetylenes is 1. The van der Waals surface area contributed by atoms with Crippen molar-refractivity contribution in [1.82, 2.24) is 9.97 Å². The summed E-state index contributed by atoms with van der Waals surface area (Å²) in [7, 11) is 0. The maximum atomic E-state index is 13.6. The lowest BCUT2D eigenvalue weighted by atomic mass is 10.2. The molecule has 0 bridgehead atoms. The highest BCUT2D eigenvalue weighted by Crippen LogP contribution is 2.10. The lowest BCUT2D eigenvalue weighted by molar-refractivity contribution is 0.101. The molecule has 0 aliphatic heterocycles. The Morgan fingerprint density at radius 2 is 1.95 bits per heavy atom. The largest absolute Gasteiger partial charge is 0.320 e. The SMILES string of the molecule is C#Cc1cnc(C(=O)Nc2ccncc2)c(F)c1.CCCC. The molecule has 0 radical (unpaired) electrons. The summed E-state index contributed by atoms with van der Waals surface area (Å²) in [5.41, 5.74) is 0.496. The Labute approximate surface area is 129 Å². The number of nitrogens with one attached hydrogen (secondary N) is 1. The Bertz CT molecular complexity index is 649. The van der Waals surface area contributed by atoms with Crippen LogP contribution in [0.25, 0.3) is 0 Å². The Balaban J connectivity index is 0.000000541. The zero-order valence-electron chi connectivity index (χ0n) is 12.6. The van der Waals surface area contributed by atoms with Gasteiger partial charge in [-0.1, -0.05) is 32.6 Å². The number of anilines is 1. The molecule has 2 aromatic heterocycles. The normalized spacial score (nSPS) is 9.18. The van der Waals surface area contributed by atoms with Crippen molar-refractivity contribution < 1.29 is 9.18 Å². The van der Waals surface area contributed by atoms with Crippen molar-refractivity contribution in [3.05, 3.63) is 53.9 Å². The van der Waals surface area contributed by atoms with Gasteiger partial charge >= 0.3 is 0 Å². The van der Waals surface area contributed by atoms with Gasteiger partial charge in [0.2, 0.25) is 0 Å². The summed E-state index contributed by atoms with van der Waals surface area (Å²) in [4.78, 5) is 19.3. The molecule has 0 saturated heterocycles. The van der Waals surface area contributed by atoms with Crippen LogP contribution in [0, 0.1) is 18.2 Å². The minimum Gasteiger partial charge on any atom is -0.320 e. The molecular formula is C17H18FN3O. The molecule has 0 spiro atoms. The van der Waals surface area contributed by atoms with Crippen LogP contribution in [0.5, 0.6) is 0 Å². The van der Waals surface area contributed by atoms with Crippen LogP contribution in [0.2, 0.25) is 0 Å². The molecule has 1 amide bonds. The van der Waals surface area contributed by atoms with E-state index in [2.05, 4.69) is 35.1 Å². The van der Waals surface area contributed by atoms with E-state index in [4.69, 9.17) is 6.42 Å². The van der Waals surface area contributed by atoms with Crippen molar-refractivity contribution in [2.75, 3.05) is 5.32 Å². The second kappa shape index (κ2) is 9.24. The van der Waals surface area contributed by atoms with Crippen LogP contribution in [0.1, 0.15) is 42.7 Å². The first-order valence-corrected chi connectivity index (χ1v) is 6.95. The topological polar surface area (TPSA) is 54.9 Å². The molecule has 0 aromatic carbocycles. The molecule has 0 saturated carbocycles. The van der Waals surface area contributed by atoms with E-state index in [-0.39, 0.29) is 11.3 Å². The number of halogens is 1. The summed E-state index contributed by atoms with van der Waals surface area (Å²) in [5.74, 6) is 0.852. The standard InChI is InChI=1S/C13H8FN3O.C4H10/c1-2-9-7-11(14)12(16-8-9)13(18)17-10-3-5-15-6-4-10;1-3-4-2/h1,3-8H,(H,15,17,18);3-4H2,1-2H3. The number of unbranched alkanes of at least 4 members (excludes halogenated alkanes) is 1. The van der Waals surface area contributed by atoms with Gasteiger partial charge < -0.3 is 5.32 Å². The van der Waals surface area contributed by atoms with Gasteiger partial charge in [0.05, 0.1) is 0 Å². The first kappa shape index (κ1) is 17.3. The van der Waals surface area contributed by atoms with E-state index in [0.29, 0.717) is 5.69 Å². The molecular weight excluding hydrogens is 281 g/mol. The van der Waals surface area contributed by atoms with Gasteiger partial charge in [-0.3, -0.25) is 9.78 Å². The summed E-state index contributed by atoms with van der Waals surface area (Å²) < 4.78 is 13.6. The summed E-state index contributed by atoms with van der Waals surface area (Å²) >= 11 is 0. The molecule has 0 fully saturated rings. The summed E-state index contributed by atoms with van der Waals surface area (Å²) in [6.07, 6.45) is 12.0. The van der Waals surface area contributed by atoms with Crippen LogP contribution in [0.3, 0.4) is 0 Å². The van der Waals surface area contributed by atoms with Gasteiger partial charge in [0.15, 0.2) is 11.5 Å². The van der Waals surface area contributed by atoms with Crippen LogP contribution in [-0.4, -0.2) is 15.9 Å². The number of rotatable bonds is 3. The average Bonchev–Trinajstić information content (AvgIpc) is 2.55. The zero-order chi connectivity index (χ0) is 16.4. The minimum atomic E-state index is -0.753. The summed E-state index contributed by atoms with van der Waals surface area (Å²) in [5, 5.41) is 2.50. The Kier molecular flexibility index (Phi) is 7.27. The van der Waals surface area contributed by atoms with Crippen LogP contribution in [0.4, 0.5) is 10.1 Å². The van der Waals surface area contributed by atoms with Gasteiger partial charge in [-0.25, -0.2) is 9.37 Å². The van der Waals surface area contributed by atoms with E-state index in [1.54, 1.807) is 12.1 Å². The maximum absolute atomic E-state index is 13.6. The molecule has 0 atom stereocenters. The summed E-state index contributed by atoms with van der Waals surface area (Å²) in [6.45, 7) is 4.36. The fraction of sp³-hybridized carbons (Fsp3) is 0.235. The van der Waals surface area contributed by atoms with Crippen molar-refractivity contribution >= 4 is 11.6 Å². The fourth-order valence-corrected chi connectivity index (χ4v) is 1.31. The molecule has 0 aliphatic rings. The first-order chi connectivity index (χ1) is 10.6.